The SMILES string of the molecule is NC(=O)[C@H]1CN(C(=O)c2cccn2-c2cccc(I)c2)CCO1. The van der Waals surface area contributed by atoms with E-state index in [-0.39, 0.29) is 12.5 Å². The summed E-state index contributed by atoms with van der Waals surface area (Å²) in [5.41, 5.74) is 6.75. The van der Waals surface area contributed by atoms with Gasteiger partial charge in [-0.25, -0.2) is 0 Å². The number of halogens is 1. The number of benzene rings is 1. The molecule has 23 heavy (non-hydrogen) atoms. The van der Waals surface area contributed by atoms with Crippen LogP contribution in [0.5, 0.6) is 0 Å². The molecule has 1 aliphatic heterocycles. The molecular weight excluding hydrogens is 409 g/mol. The first-order chi connectivity index (χ1) is 11.1. The molecule has 1 saturated heterocycles. The minimum atomic E-state index is -0.742. The summed E-state index contributed by atoms with van der Waals surface area (Å²) in [5.74, 6) is -0.682. The van der Waals surface area contributed by atoms with E-state index in [1.807, 2.05) is 41.1 Å². The third-order valence-corrected chi connectivity index (χ3v) is 4.40. The molecule has 0 saturated carbocycles. The average molecular weight is 425 g/mol. The Labute approximate surface area is 147 Å². The van der Waals surface area contributed by atoms with Gasteiger partial charge in [0.15, 0.2) is 6.10 Å². The average Bonchev–Trinajstić information content (AvgIpc) is 3.04. The summed E-state index contributed by atoms with van der Waals surface area (Å²) < 4.78 is 8.23. The maximum atomic E-state index is 12.8. The van der Waals surface area contributed by atoms with Gasteiger partial charge in [0.1, 0.15) is 5.69 Å². The van der Waals surface area contributed by atoms with Crippen molar-refractivity contribution in [3.05, 3.63) is 51.9 Å². The molecule has 1 aromatic carbocycles. The van der Waals surface area contributed by atoms with Crippen LogP contribution >= 0.6 is 22.6 Å². The number of ether oxygens (including phenoxy) is 1. The van der Waals surface area contributed by atoms with Gasteiger partial charge in [-0.05, 0) is 52.9 Å². The van der Waals surface area contributed by atoms with Crippen LogP contribution in [0.1, 0.15) is 10.5 Å². The number of hydrogen-bond acceptors (Lipinski definition) is 3. The molecule has 7 heteroatoms. The fraction of sp³-hybridized carbons (Fsp3) is 0.250. The summed E-state index contributed by atoms with van der Waals surface area (Å²) in [4.78, 5) is 25.7. The lowest BCUT2D eigenvalue weighted by Gasteiger charge is -2.31. The molecule has 2 N–H and O–H groups in total. The van der Waals surface area contributed by atoms with E-state index in [1.54, 1.807) is 11.0 Å². The molecule has 2 amide bonds. The second-order valence-corrected chi connectivity index (χ2v) is 6.50. The number of carbonyl (C=O) groups excluding carboxylic acids is 2. The van der Waals surface area contributed by atoms with Crippen molar-refractivity contribution in [1.82, 2.24) is 9.47 Å². The third kappa shape index (κ3) is 3.40. The van der Waals surface area contributed by atoms with Crippen molar-refractivity contribution in [2.75, 3.05) is 19.7 Å². The Morgan fingerprint density at radius 2 is 2.09 bits per heavy atom. The molecule has 0 bridgehead atoms. The van der Waals surface area contributed by atoms with Gasteiger partial charge in [0.25, 0.3) is 5.91 Å². The van der Waals surface area contributed by atoms with E-state index in [1.165, 1.54) is 0 Å². The molecule has 1 fully saturated rings. The third-order valence-electron chi connectivity index (χ3n) is 3.73. The van der Waals surface area contributed by atoms with Gasteiger partial charge in [0, 0.05) is 22.0 Å². The van der Waals surface area contributed by atoms with E-state index < -0.39 is 12.0 Å². The quantitative estimate of drug-likeness (QED) is 0.756. The minimum Gasteiger partial charge on any atom is -0.367 e. The minimum absolute atomic E-state index is 0.136. The van der Waals surface area contributed by atoms with E-state index in [9.17, 15) is 9.59 Å². The molecule has 120 valence electrons. The van der Waals surface area contributed by atoms with E-state index >= 15 is 0 Å². The first-order valence-corrected chi connectivity index (χ1v) is 8.27. The van der Waals surface area contributed by atoms with Crippen LogP contribution in [-0.2, 0) is 9.53 Å². The van der Waals surface area contributed by atoms with Gasteiger partial charge in [-0.15, -0.1) is 0 Å². The lowest BCUT2D eigenvalue weighted by Crippen LogP contribution is -2.50. The van der Waals surface area contributed by atoms with Crippen molar-refractivity contribution in [2.24, 2.45) is 5.73 Å². The Morgan fingerprint density at radius 3 is 2.83 bits per heavy atom. The predicted octanol–water partition coefficient (Wildman–Crippen LogP) is 1.41. The first-order valence-electron chi connectivity index (χ1n) is 7.20. The van der Waals surface area contributed by atoms with Gasteiger partial charge >= 0.3 is 0 Å². The van der Waals surface area contributed by atoms with Crippen LogP contribution in [0.15, 0.2) is 42.6 Å². The molecule has 0 radical (unpaired) electrons. The lowest BCUT2D eigenvalue weighted by molar-refractivity contribution is -0.133. The predicted molar refractivity (Wildman–Crippen MR) is 93.3 cm³/mol. The number of carbonyl (C=O) groups is 2. The highest BCUT2D eigenvalue weighted by molar-refractivity contribution is 14.1. The Hall–Kier alpha value is -1.87. The van der Waals surface area contributed by atoms with Crippen molar-refractivity contribution in [1.29, 1.82) is 0 Å². The van der Waals surface area contributed by atoms with Gasteiger partial charge < -0.3 is 19.9 Å². The maximum absolute atomic E-state index is 12.8. The number of nitrogens with zero attached hydrogens (tertiary/aromatic N) is 2. The molecule has 0 spiro atoms. The standard InChI is InChI=1S/C16H16IN3O3/c17-11-3-1-4-12(9-11)20-6-2-5-13(20)16(22)19-7-8-23-14(10-19)15(18)21/h1-6,9,14H,7-8,10H2,(H2,18,21)/t14-/m1/s1. The topological polar surface area (TPSA) is 77.6 Å². The Kier molecular flexibility index (Phi) is 4.67. The van der Waals surface area contributed by atoms with Crippen LogP contribution in [0.4, 0.5) is 0 Å². The summed E-state index contributed by atoms with van der Waals surface area (Å²) in [6.45, 7) is 0.940. The number of amides is 2. The van der Waals surface area contributed by atoms with E-state index in [0.717, 1.165) is 9.26 Å². The van der Waals surface area contributed by atoms with Crippen molar-refractivity contribution >= 4 is 34.4 Å². The summed E-state index contributed by atoms with van der Waals surface area (Å²) in [7, 11) is 0. The zero-order valence-corrected chi connectivity index (χ0v) is 14.5. The molecule has 2 aromatic rings. The highest BCUT2D eigenvalue weighted by Gasteiger charge is 2.29. The van der Waals surface area contributed by atoms with Crippen molar-refractivity contribution in [2.45, 2.75) is 6.10 Å². The number of nitrogens with two attached hydrogens (primary N) is 1. The fourth-order valence-corrected chi connectivity index (χ4v) is 3.10. The maximum Gasteiger partial charge on any atom is 0.271 e. The summed E-state index contributed by atoms with van der Waals surface area (Å²) in [6, 6.07) is 11.5. The number of rotatable bonds is 3. The molecule has 1 atom stereocenters. The smallest absolute Gasteiger partial charge is 0.271 e. The highest BCUT2D eigenvalue weighted by Crippen LogP contribution is 2.18. The van der Waals surface area contributed by atoms with Gasteiger partial charge in [-0.3, -0.25) is 9.59 Å². The van der Waals surface area contributed by atoms with Crippen LogP contribution in [-0.4, -0.2) is 47.1 Å². The zero-order valence-electron chi connectivity index (χ0n) is 12.3. The second-order valence-electron chi connectivity index (χ2n) is 5.26. The summed E-state index contributed by atoms with van der Waals surface area (Å²) in [6.07, 6.45) is 1.11. The largest absolute Gasteiger partial charge is 0.367 e. The molecule has 1 aliphatic rings. The van der Waals surface area contributed by atoms with Crippen LogP contribution in [0, 0.1) is 3.57 Å². The molecule has 6 nitrogen and oxygen atoms in total. The molecule has 0 aliphatic carbocycles. The van der Waals surface area contributed by atoms with E-state index in [0.29, 0.717) is 18.8 Å². The number of aromatic nitrogens is 1. The molecule has 3 rings (SSSR count). The molecule has 2 heterocycles. The van der Waals surface area contributed by atoms with Crippen LogP contribution in [0.3, 0.4) is 0 Å². The number of hydrogen-bond donors (Lipinski definition) is 1. The van der Waals surface area contributed by atoms with Gasteiger partial charge in [0.05, 0.1) is 13.2 Å². The van der Waals surface area contributed by atoms with Crippen LogP contribution in [0.25, 0.3) is 5.69 Å². The first kappa shape index (κ1) is 16.0. The Bertz CT molecular complexity index is 744. The monoisotopic (exact) mass is 425 g/mol. The van der Waals surface area contributed by atoms with Crippen LogP contribution in [0.2, 0.25) is 0 Å². The number of primary amides is 1. The Balaban J connectivity index is 1.86. The highest BCUT2D eigenvalue weighted by atomic mass is 127. The summed E-state index contributed by atoms with van der Waals surface area (Å²) in [5, 5.41) is 0. The fourth-order valence-electron chi connectivity index (χ4n) is 2.57. The van der Waals surface area contributed by atoms with Gasteiger partial charge in [0.2, 0.25) is 5.91 Å². The van der Waals surface area contributed by atoms with Crippen molar-refractivity contribution in [3.8, 4) is 5.69 Å². The number of morpholine rings is 1. The lowest BCUT2D eigenvalue weighted by atomic mass is 10.2. The van der Waals surface area contributed by atoms with Crippen molar-refractivity contribution < 1.29 is 14.3 Å². The van der Waals surface area contributed by atoms with Gasteiger partial charge in [-0.2, -0.15) is 0 Å². The second kappa shape index (κ2) is 6.71. The van der Waals surface area contributed by atoms with Crippen molar-refractivity contribution in [3.63, 3.8) is 0 Å². The molecular formula is C16H16IN3O3. The van der Waals surface area contributed by atoms with E-state index in [2.05, 4.69) is 22.6 Å². The summed E-state index contributed by atoms with van der Waals surface area (Å²) >= 11 is 2.24. The van der Waals surface area contributed by atoms with Crippen LogP contribution < -0.4 is 5.73 Å². The van der Waals surface area contributed by atoms with E-state index in [4.69, 9.17) is 10.5 Å². The molecule has 1 aromatic heterocycles. The normalized spacial score (nSPS) is 18.0. The van der Waals surface area contributed by atoms with Gasteiger partial charge in [-0.1, -0.05) is 6.07 Å². The Morgan fingerprint density at radius 1 is 1.26 bits per heavy atom. The zero-order chi connectivity index (χ0) is 16.4. The molecule has 0 unspecified atom stereocenters.